The highest BCUT2D eigenvalue weighted by Gasteiger charge is 1.95. The maximum absolute atomic E-state index is 5.60. The van der Waals surface area contributed by atoms with Gasteiger partial charge in [0.05, 0.1) is 10.7 Å². The summed E-state index contributed by atoms with van der Waals surface area (Å²) in [4.78, 5) is 3.53. The summed E-state index contributed by atoms with van der Waals surface area (Å²) in [7, 11) is 1.61. The molecule has 0 fully saturated rings. The molecular formula is C7H9ClINO. The van der Waals surface area contributed by atoms with Crippen LogP contribution in [0.4, 0.5) is 0 Å². The van der Waals surface area contributed by atoms with Crippen LogP contribution in [0.5, 0.6) is 0 Å². The van der Waals surface area contributed by atoms with E-state index >= 15 is 0 Å². The van der Waals surface area contributed by atoms with Crippen LogP contribution in [0.15, 0.2) is 25.6 Å². The van der Waals surface area contributed by atoms with E-state index < -0.39 is 0 Å². The third-order valence-electron chi connectivity index (χ3n) is 1.04. The van der Waals surface area contributed by atoms with Crippen molar-refractivity contribution in [1.82, 2.24) is 0 Å². The number of halogens is 2. The summed E-state index contributed by atoms with van der Waals surface area (Å²) in [6.45, 7) is 5.13. The molecule has 0 N–H and O–H groups in total. The molecule has 0 aromatic carbocycles. The van der Waals surface area contributed by atoms with E-state index in [1.54, 1.807) is 13.2 Å². The smallest absolute Gasteiger partial charge is 0.129 e. The van der Waals surface area contributed by atoms with Crippen LogP contribution in [0.2, 0.25) is 0 Å². The van der Waals surface area contributed by atoms with Gasteiger partial charge in [0.1, 0.15) is 10.9 Å². The summed E-state index contributed by atoms with van der Waals surface area (Å²) in [6.07, 6.45) is 1.69. The zero-order valence-electron chi connectivity index (χ0n) is 6.40. The first-order chi connectivity index (χ1) is 5.11. The molecule has 0 saturated heterocycles. The Morgan fingerprint density at radius 1 is 1.73 bits per heavy atom. The highest BCUT2D eigenvalue weighted by atomic mass is 127. The van der Waals surface area contributed by atoms with Gasteiger partial charge in [-0.2, -0.15) is 0 Å². The van der Waals surface area contributed by atoms with Crippen LogP contribution in [-0.4, -0.2) is 13.8 Å². The Hall–Kier alpha value is -0.0300. The molecule has 0 aliphatic heterocycles. The van der Waals surface area contributed by atoms with Crippen LogP contribution in [0.1, 0.15) is 6.92 Å². The number of ether oxygens (including phenoxy) is 1. The normalized spacial score (nSPS) is 14.0. The van der Waals surface area contributed by atoms with Gasteiger partial charge >= 0.3 is 0 Å². The first-order valence-corrected chi connectivity index (χ1v) is 4.31. The molecular weight excluding hydrogens is 276 g/mol. The third-order valence-corrected chi connectivity index (χ3v) is 2.34. The van der Waals surface area contributed by atoms with E-state index in [-0.39, 0.29) is 0 Å². The number of hydrogen-bond donors (Lipinski definition) is 0. The molecule has 0 radical (unpaired) electrons. The SMILES string of the molecule is C=N/C(Cl)=C\C(I)=C(/C)OC. The Labute approximate surface area is 85.1 Å². The summed E-state index contributed by atoms with van der Waals surface area (Å²) in [6, 6.07) is 0. The molecule has 0 rings (SSSR count). The molecule has 62 valence electrons. The van der Waals surface area contributed by atoms with Gasteiger partial charge in [-0.25, -0.2) is 0 Å². The van der Waals surface area contributed by atoms with Crippen molar-refractivity contribution in [3.63, 3.8) is 0 Å². The maximum Gasteiger partial charge on any atom is 0.129 e. The average molecular weight is 286 g/mol. The number of aliphatic imine (C=N–C) groups is 1. The zero-order chi connectivity index (χ0) is 8.85. The number of nitrogens with zero attached hydrogens (tertiary/aromatic N) is 1. The minimum atomic E-state index is 0.366. The Balaban J connectivity index is 4.49. The summed E-state index contributed by atoms with van der Waals surface area (Å²) < 4.78 is 5.88. The monoisotopic (exact) mass is 285 g/mol. The van der Waals surface area contributed by atoms with Crippen molar-refractivity contribution in [2.24, 2.45) is 4.99 Å². The molecule has 0 bridgehead atoms. The van der Waals surface area contributed by atoms with Crippen LogP contribution in [0, 0.1) is 0 Å². The Bertz CT molecular complexity index is 210. The molecule has 0 saturated carbocycles. The van der Waals surface area contributed by atoms with Gasteiger partial charge in [0.15, 0.2) is 0 Å². The number of rotatable bonds is 3. The predicted molar refractivity (Wildman–Crippen MR) is 57.2 cm³/mol. The van der Waals surface area contributed by atoms with Gasteiger partial charge in [0.2, 0.25) is 0 Å². The zero-order valence-corrected chi connectivity index (χ0v) is 9.31. The van der Waals surface area contributed by atoms with Gasteiger partial charge in [0.25, 0.3) is 0 Å². The van der Waals surface area contributed by atoms with Gasteiger partial charge in [-0.05, 0) is 42.3 Å². The lowest BCUT2D eigenvalue weighted by atomic mass is 10.4. The lowest BCUT2D eigenvalue weighted by Crippen LogP contribution is -1.81. The number of methoxy groups -OCH3 is 1. The van der Waals surface area contributed by atoms with Crippen molar-refractivity contribution in [3.05, 3.63) is 20.6 Å². The summed E-state index contributed by atoms with van der Waals surface area (Å²) in [5.41, 5.74) is 0. The highest BCUT2D eigenvalue weighted by Crippen LogP contribution is 2.18. The van der Waals surface area contributed by atoms with Crippen LogP contribution in [-0.2, 0) is 4.74 Å². The van der Waals surface area contributed by atoms with Crippen LogP contribution < -0.4 is 0 Å². The molecule has 0 aliphatic carbocycles. The number of allylic oxidation sites excluding steroid dienone is 3. The fraction of sp³-hybridized carbons (Fsp3) is 0.286. The molecule has 0 aromatic rings. The van der Waals surface area contributed by atoms with Gasteiger partial charge < -0.3 is 4.74 Å². The minimum Gasteiger partial charge on any atom is -0.500 e. The summed E-state index contributed by atoms with van der Waals surface area (Å²) in [5.74, 6) is 0.812. The van der Waals surface area contributed by atoms with Gasteiger partial charge in [-0.3, -0.25) is 4.99 Å². The average Bonchev–Trinajstić information content (AvgIpc) is 2.02. The molecule has 2 nitrogen and oxygen atoms in total. The van der Waals surface area contributed by atoms with Gasteiger partial charge in [0, 0.05) is 0 Å². The quantitative estimate of drug-likeness (QED) is 0.257. The summed E-state index contributed by atoms with van der Waals surface area (Å²) in [5, 5.41) is 0.366. The lowest BCUT2D eigenvalue weighted by molar-refractivity contribution is 0.293. The predicted octanol–water partition coefficient (Wildman–Crippen LogP) is 3.08. The van der Waals surface area contributed by atoms with E-state index in [9.17, 15) is 0 Å². The standard InChI is InChI=1S/C7H9ClINO/c1-5(11-3)6(9)4-7(8)10-2/h4H,2H2,1,3H3/b6-5-,7-4-. The third kappa shape index (κ3) is 4.42. The Morgan fingerprint density at radius 3 is 2.64 bits per heavy atom. The Kier molecular flexibility index (Phi) is 5.58. The molecule has 4 heteroatoms. The molecule has 0 aliphatic rings. The molecule has 0 aromatic heterocycles. The second kappa shape index (κ2) is 5.60. The molecule has 11 heavy (non-hydrogen) atoms. The highest BCUT2D eigenvalue weighted by molar-refractivity contribution is 14.1. The van der Waals surface area contributed by atoms with Gasteiger partial charge in [-0.15, -0.1) is 0 Å². The molecule has 0 spiro atoms. The lowest BCUT2D eigenvalue weighted by Gasteiger charge is -1.99. The van der Waals surface area contributed by atoms with E-state index in [1.165, 1.54) is 0 Å². The molecule has 0 atom stereocenters. The van der Waals surface area contributed by atoms with Crippen molar-refractivity contribution in [2.45, 2.75) is 6.92 Å². The fourth-order valence-corrected chi connectivity index (χ4v) is 1.16. The second-order valence-corrected chi connectivity index (χ2v) is 3.28. The van der Waals surface area contributed by atoms with Crippen LogP contribution in [0.25, 0.3) is 0 Å². The first-order valence-electron chi connectivity index (χ1n) is 2.86. The van der Waals surface area contributed by atoms with E-state index in [0.29, 0.717) is 5.16 Å². The molecule has 0 heterocycles. The fourth-order valence-electron chi connectivity index (χ4n) is 0.349. The molecule has 0 unspecified atom stereocenters. The van der Waals surface area contributed by atoms with Crippen molar-refractivity contribution in [2.75, 3.05) is 7.11 Å². The van der Waals surface area contributed by atoms with Crippen molar-refractivity contribution in [3.8, 4) is 0 Å². The number of hydrogen-bond acceptors (Lipinski definition) is 2. The largest absolute Gasteiger partial charge is 0.500 e. The first kappa shape index (κ1) is 11.0. The second-order valence-electron chi connectivity index (χ2n) is 1.73. The maximum atomic E-state index is 5.60. The van der Waals surface area contributed by atoms with Crippen molar-refractivity contribution in [1.29, 1.82) is 0 Å². The van der Waals surface area contributed by atoms with E-state index in [2.05, 4.69) is 34.3 Å². The van der Waals surface area contributed by atoms with E-state index in [0.717, 1.165) is 9.34 Å². The van der Waals surface area contributed by atoms with E-state index in [4.69, 9.17) is 16.3 Å². The molecule has 0 amide bonds. The Morgan fingerprint density at radius 2 is 2.27 bits per heavy atom. The van der Waals surface area contributed by atoms with Crippen LogP contribution in [0.3, 0.4) is 0 Å². The van der Waals surface area contributed by atoms with Crippen molar-refractivity contribution >= 4 is 40.9 Å². The topological polar surface area (TPSA) is 21.6 Å². The van der Waals surface area contributed by atoms with Gasteiger partial charge in [-0.1, -0.05) is 11.6 Å². The van der Waals surface area contributed by atoms with Crippen molar-refractivity contribution < 1.29 is 4.74 Å². The van der Waals surface area contributed by atoms with E-state index in [1.807, 2.05) is 6.92 Å². The van der Waals surface area contributed by atoms with Crippen LogP contribution >= 0.6 is 34.2 Å². The minimum absolute atomic E-state index is 0.366. The summed E-state index contributed by atoms with van der Waals surface area (Å²) >= 11 is 7.71.